The monoisotopic (exact) mass is 254 g/mol. The lowest BCUT2D eigenvalue weighted by molar-refractivity contribution is -0.118. The van der Waals surface area contributed by atoms with E-state index in [-0.39, 0.29) is 9.65 Å². The Labute approximate surface area is 71.5 Å². The number of carbonyl (C=O) groups excluding carboxylic acids is 1. The highest BCUT2D eigenvalue weighted by Gasteiger charge is 2.26. The van der Waals surface area contributed by atoms with Crippen LogP contribution in [0.3, 0.4) is 0 Å². The number of alkyl halides is 2. The Morgan fingerprint density at radius 3 is 2.00 bits per heavy atom. The molecule has 3 heteroatoms. The molecule has 0 N–H and O–H groups in total. The van der Waals surface area contributed by atoms with Crippen molar-refractivity contribution in [2.45, 2.75) is 28.9 Å². The largest absolute Gasteiger partial charge is 0.297 e. The van der Waals surface area contributed by atoms with Crippen molar-refractivity contribution in [1.82, 2.24) is 0 Å². The van der Waals surface area contributed by atoms with Gasteiger partial charge >= 0.3 is 0 Å². The number of carbonyl (C=O) groups is 1. The average molecular weight is 256 g/mol. The van der Waals surface area contributed by atoms with E-state index in [4.69, 9.17) is 0 Å². The fourth-order valence-electron chi connectivity index (χ4n) is 0.957. The lowest BCUT2D eigenvalue weighted by atomic mass is 9.99. The van der Waals surface area contributed by atoms with Crippen molar-refractivity contribution in [2.24, 2.45) is 0 Å². The smallest absolute Gasteiger partial charge is 0.160 e. The van der Waals surface area contributed by atoms with Gasteiger partial charge in [0.2, 0.25) is 0 Å². The molecule has 0 aromatic rings. The van der Waals surface area contributed by atoms with Gasteiger partial charge in [-0.05, 0) is 12.8 Å². The van der Waals surface area contributed by atoms with Gasteiger partial charge in [0, 0.05) is 0 Å². The molecule has 2 unspecified atom stereocenters. The average Bonchev–Trinajstić information content (AvgIpc) is 1.83. The summed E-state index contributed by atoms with van der Waals surface area (Å²) in [5.41, 5.74) is 0. The maximum Gasteiger partial charge on any atom is 0.160 e. The Morgan fingerprint density at radius 1 is 1.22 bits per heavy atom. The highest BCUT2D eigenvalue weighted by atomic mass is 79.9. The van der Waals surface area contributed by atoms with Crippen molar-refractivity contribution in [3.05, 3.63) is 0 Å². The van der Waals surface area contributed by atoms with Gasteiger partial charge in [-0.2, -0.15) is 0 Å². The van der Waals surface area contributed by atoms with Crippen LogP contribution in [0.5, 0.6) is 0 Å². The third-order valence-corrected chi connectivity index (χ3v) is 3.35. The number of Topliss-reactive ketones (excluding diaryl/α,β-unsaturated/α-hetero) is 1. The standard InChI is InChI=1S/C6H8Br2O/c7-4-2-1-3-5(8)6(4)9/h4-5H,1-3H2. The molecule has 0 aromatic heterocycles. The Kier molecular flexibility index (Phi) is 2.71. The first kappa shape index (κ1) is 7.73. The second-order valence-electron chi connectivity index (χ2n) is 2.27. The van der Waals surface area contributed by atoms with Gasteiger partial charge in [0.15, 0.2) is 5.78 Å². The van der Waals surface area contributed by atoms with E-state index < -0.39 is 0 Å². The topological polar surface area (TPSA) is 17.1 Å². The van der Waals surface area contributed by atoms with Gasteiger partial charge in [-0.25, -0.2) is 0 Å². The molecule has 0 radical (unpaired) electrons. The minimum absolute atomic E-state index is 0.107. The lowest BCUT2D eigenvalue weighted by Gasteiger charge is -2.18. The summed E-state index contributed by atoms with van der Waals surface area (Å²) < 4.78 is 0. The number of rotatable bonds is 0. The molecule has 1 aliphatic rings. The number of ketones is 1. The minimum Gasteiger partial charge on any atom is -0.297 e. The van der Waals surface area contributed by atoms with Gasteiger partial charge in [-0.3, -0.25) is 4.79 Å². The third-order valence-electron chi connectivity index (χ3n) is 1.53. The molecule has 0 heterocycles. The molecular weight excluding hydrogens is 248 g/mol. The molecule has 0 saturated heterocycles. The predicted molar refractivity (Wildman–Crippen MR) is 44.3 cm³/mol. The van der Waals surface area contributed by atoms with Crippen molar-refractivity contribution in [2.75, 3.05) is 0 Å². The summed E-state index contributed by atoms with van der Waals surface area (Å²) in [4.78, 5) is 11.2. The van der Waals surface area contributed by atoms with Crippen molar-refractivity contribution in [3.8, 4) is 0 Å². The second kappa shape index (κ2) is 3.15. The number of hydrogen-bond donors (Lipinski definition) is 0. The summed E-state index contributed by atoms with van der Waals surface area (Å²) in [6, 6.07) is 0. The first-order chi connectivity index (χ1) is 4.22. The molecule has 52 valence electrons. The van der Waals surface area contributed by atoms with Crippen molar-refractivity contribution in [1.29, 1.82) is 0 Å². The van der Waals surface area contributed by atoms with Crippen LogP contribution < -0.4 is 0 Å². The highest BCUT2D eigenvalue weighted by molar-refractivity contribution is 9.10. The summed E-state index contributed by atoms with van der Waals surface area (Å²) >= 11 is 6.63. The van der Waals surface area contributed by atoms with Crippen LogP contribution in [0.25, 0.3) is 0 Å². The van der Waals surface area contributed by atoms with Crippen LogP contribution in [0.1, 0.15) is 19.3 Å². The SMILES string of the molecule is O=C1C(Br)CCCC1Br. The minimum atomic E-state index is 0.107. The third kappa shape index (κ3) is 1.77. The van der Waals surface area contributed by atoms with Crippen molar-refractivity contribution in [3.63, 3.8) is 0 Å². The summed E-state index contributed by atoms with van der Waals surface area (Å²) in [5.74, 6) is 0.307. The fourth-order valence-corrected chi connectivity index (χ4v) is 2.60. The number of hydrogen-bond acceptors (Lipinski definition) is 1. The molecule has 1 saturated carbocycles. The summed E-state index contributed by atoms with van der Waals surface area (Å²) in [6.07, 6.45) is 3.15. The molecule has 1 rings (SSSR count). The lowest BCUT2D eigenvalue weighted by Crippen LogP contribution is -2.28. The van der Waals surface area contributed by atoms with Crippen LogP contribution in [0.2, 0.25) is 0 Å². The zero-order valence-electron chi connectivity index (χ0n) is 4.94. The van der Waals surface area contributed by atoms with Crippen LogP contribution in [-0.2, 0) is 4.79 Å². The summed E-state index contributed by atoms with van der Waals surface area (Å²) in [6.45, 7) is 0. The summed E-state index contributed by atoms with van der Waals surface area (Å²) in [7, 11) is 0. The van der Waals surface area contributed by atoms with Crippen LogP contribution in [-0.4, -0.2) is 15.4 Å². The van der Waals surface area contributed by atoms with Crippen molar-refractivity contribution >= 4 is 37.6 Å². The Bertz CT molecular complexity index is 112. The highest BCUT2D eigenvalue weighted by Crippen LogP contribution is 2.25. The normalized spacial score (nSPS) is 36.9. The van der Waals surface area contributed by atoms with Gasteiger partial charge < -0.3 is 0 Å². The maximum atomic E-state index is 11.0. The molecule has 1 nitrogen and oxygen atoms in total. The van der Waals surface area contributed by atoms with E-state index in [1.807, 2.05) is 0 Å². The predicted octanol–water partition coefficient (Wildman–Crippen LogP) is 2.27. The van der Waals surface area contributed by atoms with E-state index in [9.17, 15) is 4.79 Å². The molecule has 0 aromatic carbocycles. The maximum absolute atomic E-state index is 11.0. The van der Waals surface area contributed by atoms with E-state index >= 15 is 0 Å². The first-order valence-corrected chi connectivity index (χ1v) is 4.87. The van der Waals surface area contributed by atoms with Gasteiger partial charge in [0.1, 0.15) is 0 Å². The molecule has 9 heavy (non-hydrogen) atoms. The summed E-state index contributed by atoms with van der Waals surface area (Å²) in [5, 5.41) is 0. The zero-order valence-corrected chi connectivity index (χ0v) is 8.11. The quantitative estimate of drug-likeness (QED) is 0.607. The molecular formula is C6H8Br2O. The first-order valence-electron chi connectivity index (χ1n) is 3.03. The Balaban J connectivity index is 2.52. The number of halogens is 2. The van der Waals surface area contributed by atoms with Crippen LogP contribution in [0.4, 0.5) is 0 Å². The zero-order chi connectivity index (χ0) is 6.85. The Morgan fingerprint density at radius 2 is 1.67 bits per heavy atom. The van der Waals surface area contributed by atoms with E-state index in [0.717, 1.165) is 19.3 Å². The van der Waals surface area contributed by atoms with E-state index in [1.165, 1.54) is 0 Å². The Hall–Kier alpha value is 0.630. The molecule has 0 bridgehead atoms. The van der Waals surface area contributed by atoms with E-state index in [1.54, 1.807) is 0 Å². The van der Waals surface area contributed by atoms with Crippen LogP contribution >= 0.6 is 31.9 Å². The molecule has 0 amide bonds. The molecule has 2 atom stereocenters. The fraction of sp³-hybridized carbons (Fsp3) is 0.833. The van der Waals surface area contributed by atoms with Crippen LogP contribution in [0.15, 0.2) is 0 Å². The van der Waals surface area contributed by atoms with Gasteiger partial charge in [-0.15, -0.1) is 0 Å². The van der Waals surface area contributed by atoms with Crippen LogP contribution in [0, 0.1) is 0 Å². The second-order valence-corrected chi connectivity index (χ2v) is 4.48. The van der Waals surface area contributed by atoms with E-state index in [2.05, 4.69) is 31.9 Å². The molecule has 0 spiro atoms. The molecule has 1 aliphatic carbocycles. The van der Waals surface area contributed by atoms with Gasteiger partial charge in [-0.1, -0.05) is 38.3 Å². The molecule has 1 fully saturated rings. The molecule has 0 aliphatic heterocycles. The van der Waals surface area contributed by atoms with Gasteiger partial charge in [0.25, 0.3) is 0 Å². The van der Waals surface area contributed by atoms with E-state index in [0.29, 0.717) is 5.78 Å². The van der Waals surface area contributed by atoms with Gasteiger partial charge in [0.05, 0.1) is 9.65 Å². The van der Waals surface area contributed by atoms with Crippen molar-refractivity contribution < 1.29 is 4.79 Å².